The number of hydrogen-bond acceptors (Lipinski definition) is 3. The highest BCUT2D eigenvalue weighted by Crippen LogP contribution is 2.65. The number of fused-ring (bicyclic) bond motifs is 16. The topological polar surface area (TPSA) is 16.4 Å². The second kappa shape index (κ2) is 10.3. The van der Waals surface area contributed by atoms with Crippen molar-refractivity contribution in [1.82, 2.24) is 0 Å². The molecule has 8 aromatic carbocycles. The highest BCUT2D eigenvalue weighted by Gasteiger charge is 2.53. The molecular weight excluding hydrogens is 651 g/mol. The minimum absolute atomic E-state index is 0.615. The Morgan fingerprint density at radius 2 is 1.10 bits per heavy atom. The summed E-state index contributed by atoms with van der Waals surface area (Å²) in [6.45, 7) is 0. The average Bonchev–Trinajstić information content (AvgIpc) is 3.86. The molecule has 0 unspecified atom stereocenters. The van der Waals surface area contributed by atoms with Gasteiger partial charge in [-0.2, -0.15) is 0 Å². The Hall–Kier alpha value is -6.42. The molecule has 10 aromatic rings. The SMILES string of the molecule is c1ccc(-c2ccc(N3c4cc5c(cc4C4(c6ccccc6-c6ccccc64)c4c3ccc3c4oc4ccccc43)sc3ccccc35)cc2)cc1. The molecule has 3 heteroatoms. The molecule has 1 aliphatic carbocycles. The van der Waals surface area contributed by atoms with E-state index in [1.807, 2.05) is 11.3 Å². The Bertz CT molecular complexity index is 3030. The van der Waals surface area contributed by atoms with Crippen LogP contribution in [0.5, 0.6) is 0 Å². The van der Waals surface area contributed by atoms with E-state index in [1.54, 1.807) is 0 Å². The maximum atomic E-state index is 7.06. The van der Waals surface area contributed by atoms with Crippen molar-refractivity contribution in [2.24, 2.45) is 0 Å². The van der Waals surface area contributed by atoms with Crippen LogP contribution >= 0.6 is 11.3 Å². The van der Waals surface area contributed by atoms with Crippen molar-refractivity contribution in [3.8, 4) is 22.3 Å². The summed E-state index contributed by atoms with van der Waals surface area (Å²) in [5.74, 6) is 0. The van der Waals surface area contributed by atoms with Gasteiger partial charge in [-0.05, 0) is 87.5 Å². The molecule has 0 radical (unpaired) electrons. The Labute approximate surface area is 304 Å². The van der Waals surface area contributed by atoms with Gasteiger partial charge in [0.15, 0.2) is 0 Å². The summed E-state index contributed by atoms with van der Waals surface area (Å²) < 4.78 is 9.65. The first kappa shape index (κ1) is 28.3. The van der Waals surface area contributed by atoms with Gasteiger partial charge in [-0.3, -0.25) is 0 Å². The smallest absolute Gasteiger partial charge is 0.142 e. The second-order valence-corrected chi connectivity index (χ2v) is 15.1. The fraction of sp³-hybridized carbons (Fsp3) is 0.0204. The lowest BCUT2D eigenvalue weighted by molar-refractivity contribution is 0.646. The molecular formula is C49H29NOS. The van der Waals surface area contributed by atoms with Crippen LogP contribution < -0.4 is 4.90 Å². The molecule has 0 fully saturated rings. The standard InChI is InChI=1S/C49H29NOS/c1-2-12-30(13-3-1)31-22-24-32(25-23-31)50-42-27-26-37-35-16-6-10-20-44(35)51-48(37)47(42)49(39-18-8-4-14-33(39)34-15-5-9-19-40(34)49)41-29-46-38(28-43(41)50)36-17-7-11-21-45(36)52-46/h1-29H. The molecule has 0 saturated heterocycles. The third-order valence-corrected chi connectivity index (χ3v) is 12.6. The zero-order valence-electron chi connectivity index (χ0n) is 28.0. The van der Waals surface area contributed by atoms with Crippen LogP contribution in [0.2, 0.25) is 0 Å². The maximum absolute atomic E-state index is 7.06. The summed E-state index contributed by atoms with van der Waals surface area (Å²) in [7, 11) is 0. The third-order valence-electron chi connectivity index (χ3n) is 11.5. The molecule has 0 amide bonds. The van der Waals surface area contributed by atoms with Crippen LogP contribution in [0.25, 0.3) is 64.4 Å². The van der Waals surface area contributed by atoms with E-state index in [0.717, 1.165) is 33.3 Å². The van der Waals surface area contributed by atoms with Gasteiger partial charge in [0.05, 0.1) is 16.8 Å². The van der Waals surface area contributed by atoms with Crippen molar-refractivity contribution in [3.63, 3.8) is 0 Å². The minimum Gasteiger partial charge on any atom is -0.456 e. The Balaban J connectivity index is 1.27. The molecule has 0 bridgehead atoms. The van der Waals surface area contributed by atoms with E-state index in [0.29, 0.717) is 0 Å². The van der Waals surface area contributed by atoms with Gasteiger partial charge in [-0.15, -0.1) is 11.3 Å². The van der Waals surface area contributed by atoms with E-state index in [9.17, 15) is 0 Å². The van der Waals surface area contributed by atoms with Crippen LogP contribution in [0, 0.1) is 0 Å². The van der Waals surface area contributed by atoms with E-state index in [4.69, 9.17) is 4.42 Å². The van der Waals surface area contributed by atoms with Crippen molar-refractivity contribution in [2.45, 2.75) is 5.41 Å². The third kappa shape index (κ3) is 3.58. The lowest BCUT2D eigenvalue weighted by Gasteiger charge is -2.45. The Kier molecular flexibility index (Phi) is 5.62. The molecule has 3 heterocycles. The summed E-state index contributed by atoms with van der Waals surface area (Å²) in [6.07, 6.45) is 0. The molecule has 0 atom stereocenters. The van der Waals surface area contributed by atoms with Crippen LogP contribution in [-0.4, -0.2) is 0 Å². The first-order valence-electron chi connectivity index (χ1n) is 17.8. The highest BCUT2D eigenvalue weighted by atomic mass is 32.1. The number of thiophene rings is 1. The second-order valence-electron chi connectivity index (χ2n) is 14.0. The van der Waals surface area contributed by atoms with E-state index in [-0.39, 0.29) is 0 Å². The van der Waals surface area contributed by atoms with E-state index < -0.39 is 5.41 Å². The molecule has 242 valence electrons. The van der Waals surface area contributed by atoms with Gasteiger partial charge in [0.2, 0.25) is 0 Å². The Morgan fingerprint density at radius 1 is 0.442 bits per heavy atom. The van der Waals surface area contributed by atoms with E-state index in [1.165, 1.54) is 70.4 Å². The van der Waals surface area contributed by atoms with Crippen LogP contribution in [0.15, 0.2) is 180 Å². The molecule has 52 heavy (non-hydrogen) atoms. The predicted octanol–water partition coefficient (Wildman–Crippen LogP) is 13.8. The van der Waals surface area contributed by atoms with Crippen LogP contribution in [0.1, 0.15) is 22.3 Å². The number of para-hydroxylation sites is 1. The van der Waals surface area contributed by atoms with E-state index in [2.05, 4.69) is 181 Å². The molecule has 0 saturated carbocycles. The first-order valence-corrected chi connectivity index (χ1v) is 18.7. The number of rotatable bonds is 2. The number of furan rings is 1. The largest absolute Gasteiger partial charge is 0.456 e. The summed E-state index contributed by atoms with van der Waals surface area (Å²) in [4.78, 5) is 2.49. The van der Waals surface area contributed by atoms with Crippen molar-refractivity contribution >= 4 is 70.5 Å². The summed E-state index contributed by atoms with van der Waals surface area (Å²) in [5.41, 5.74) is 14.7. The lowest BCUT2D eigenvalue weighted by Crippen LogP contribution is -2.36. The summed E-state index contributed by atoms with van der Waals surface area (Å²) in [5, 5.41) is 4.86. The van der Waals surface area contributed by atoms with Crippen LogP contribution in [-0.2, 0) is 5.41 Å². The van der Waals surface area contributed by atoms with Gasteiger partial charge in [0.25, 0.3) is 0 Å². The molecule has 0 N–H and O–H groups in total. The van der Waals surface area contributed by atoms with Gasteiger partial charge in [-0.25, -0.2) is 0 Å². The summed E-state index contributed by atoms with van der Waals surface area (Å²) in [6, 6.07) is 64.7. The first-order chi connectivity index (χ1) is 25.8. The number of hydrogen-bond donors (Lipinski definition) is 0. The molecule has 2 aliphatic rings. The van der Waals surface area contributed by atoms with Gasteiger partial charge >= 0.3 is 0 Å². The fourth-order valence-electron chi connectivity index (χ4n) is 9.34. The number of anilines is 3. The van der Waals surface area contributed by atoms with Gasteiger partial charge in [-0.1, -0.05) is 127 Å². The fourth-order valence-corrected chi connectivity index (χ4v) is 10.5. The highest BCUT2D eigenvalue weighted by molar-refractivity contribution is 7.25. The molecule has 1 aliphatic heterocycles. The van der Waals surface area contributed by atoms with Crippen molar-refractivity contribution in [1.29, 1.82) is 0 Å². The molecule has 12 rings (SSSR count). The van der Waals surface area contributed by atoms with Crippen molar-refractivity contribution in [2.75, 3.05) is 4.90 Å². The van der Waals surface area contributed by atoms with Gasteiger partial charge in [0, 0.05) is 42.2 Å². The molecule has 2 aromatic heterocycles. The van der Waals surface area contributed by atoms with Gasteiger partial charge < -0.3 is 9.32 Å². The quantitative estimate of drug-likeness (QED) is 0.181. The molecule has 2 nitrogen and oxygen atoms in total. The van der Waals surface area contributed by atoms with Crippen molar-refractivity contribution in [3.05, 3.63) is 198 Å². The monoisotopic (exact) mass is 679 g/mol. The zero-order valence-corrected chi connectivity index (χ0v) is 28.8. The number of benzene rings is 8. The minimum atomic E-state index is -0.615. The van der Waals surface area contributed by atoms with E-state index >= 15 is 0 Å². The zero-order chi connectivity index (χ0) is 34.0. The average molecular weight is 680 g/mol. The number of nitrogens with zero attached hydrogens (tertiary/aromatic N) is 1. The normalized spacial score (nSPS) is 13.9. The van der Waals surface area contributed by atoms with Crippen molar-refractivity contribution < 1.29 is 4.42 Å². The van der Waals surface area contributed by atoms with Crippen LogP contribution in [0.4, 0.5) is 17.1 Å². The van der Waals surface area contributed by atoms with Gasteiger partial charge in [0.1, 0.15) is 11.2 Å². The lowest BCUT2D eigenvalue weighted by atomic mass is 9.64. The predicted molar refractivity (Wildman–Crippen MR) is 218 cm³/mol. The Morgan fingerprint density at radius 3 is 1.88 bits per heavy atom. The summed E-state index contributed by atoms with van der Waals surface area (Å²) >= 11 is 1.88. The van der Waals surface area contributed by atoms with Crippen LogP contribution in [0.3, 0.4) is 0 Å². The molecule has 1 spiro atoms. The maximum Gasteiger partial charge on any atom is 0.142 e.